The van der Waals surface area contributed by atoms with E-state index in [-0.39, 0.29) is 36.3 Å². The lowest BCUT2D eigenvalue weighted by Crippen LogP contribution is -2.44. The molecule has 0 aromatic carbocycles. The van der Waals surface area contributed by atoms with E-state index in [1.54, 1.807) is 0 Å². The number of epoxide rings is 1. The lowest BCUT2D eigenvalue weighted by atomic mass is 9.88. The standard InChI is InChI=1S/C9H12O3/c1-3-5(10)4(2)7-9-8(12-9)6(3)11-7/h3-4,6-9H,1-2H3/t3-,4+,6+,7-,8+,9-. The number of Topliss-reactive ketones (excluding diaryl/α,β-unsaturated/α-hetero) is 1. The Morgan fingerprint density at radius 2 is 1.33 bits per heavy atom. The number of hydrogen-bond donors (Lipinski definition) is 0. The van der Waals surface area contributed by atoms with Gasteiger partial charge < -0.3 is 9.47 Å². The predicted molar refractivity (Wildman–Crippen MR) is 40.7 cm³/mol. The van der Waals surface area contributed by atoms with Gasteiger partial charge in [-0.2, -0.15) is 0 Å². The van der Waals surface area contributed by atoms with E-state index in [0.29, 0.717) is 5.78 Å². The second-order valence-corrected chi connectivity index (χ2v) is 4.11. The van der Waals surface area contributed by atoms with Crippen LogP contribution in [0.25, 0.3) is 0 Å². The van der Waals surface area contributed by atoms with E-state index in [4.69, 9.17) is 9.47 Å². The van der Waals surface area contributed by atoms with Gasteiger partial charge in [-0.1, -0.05) is 13.8 Å². The first-order valence-electron chi connectivity index (χ1n) is 4.55. The molecule has 3 saturated heterocycles. The van der Waals surface area contributed by atoms with E-state index in [9.17, 15) is 4.79 Å². The fourth-order valence-electron chi connectivity index (χ4n) is 2.54. The highest BCUT2D eigenvalue weighted by atomic mass is 16.7. The van der Waals surface area contributed by atoms with Crippen molar-refractivity contribution in [2.75, 3.05) is 0 Å². The summed E-state index contributed by atoms with van der Waals surface area (Å²) in [5.41, 5.74) is 0. The van der Waals surface area contributed by atoms with Gasteiger partial charge in [0.2, 0.25) is 0 Å². The van der Waals surface area contributed by atoms with Crippen molar-refractivity contribution in [3.8, 4) is 0 Å². The molecule has 3 aliphatic rings. The maximum atomic E-state index is 11.6. The van der Waals surface area contributed by atoms with Crippen molar-refractivity contribution in [1.29, 1.82) is 0 Å². The largest absolute Gasteiger partial charge is 0.368 e. The SMILES string of the molecule is C[C@@H]1C(=O)[C@H](C)[C@H]2O[C@@H]1[C@@H]1O[C@@H]12. The van der Waals surface area contributed by atoms with Crippen LogP contribution in [0.5, 0.6) is 0 Å². The highest BCUT2D eigenvalue weighted by Gasteiger charge is 2.65. The number of ether oxygens (including phenoxy) is 2. The van der Waals surface area contributed by atoms with Crippen molar-refractivity contribution in [2.45, 2.75) is 38.3 Å². The van der Waals surface area contributed by atoms with Crippen LogP contribution in [-0.2, 0) is 14.3 Å². The number of carbonyl (C=O) groups excluding carboxylic acids is 1. The Kier molecular flexibility index (Phi) is 1.12. The van der Waals surface area contributed by atoms with Gasteiger partial charge in [0, 0.05) is 11.8 Å². The third kappa shape index (κ3) is 0.627. The van der Waals surface area contributed by atoms with Crippen LogP contribution in [0.2, 0.25) is 0 Å². The van der Waals surface area contributed by atoms with Crippen LogP contribution in [0.15, 0.2) is 0 Å². The zero-order chi connectivity index (χ0) is 8.46. The molecule has 3 heteroatoms. The zero-order valence-corrected chi connectivity index (χ0v) is 7.19. The molecule has 3 aliphatic heterocycles. The fraction of sp³-hybridized carbons (Fsp3) is 0.889. The molecular formula is C9H12O3. The van der Waals surface area contributed by atoms with Gasteiger partial charge in [-0.3, -0.25) is 4.79 Å². The molecule has 6 atom stereocenters. The zero-order valence-electron chi connectivity index (χ0n) is 7.19. The van der Waals surface area contributed by atoms with Crippen molar-refractivity contribution in [2.24, 2.45) is 11.8 Å². The van der Waals surface area contributed by atoms with E-state index in [1.807, 2.05) is 13.8 Å². The van der Waals surface area contributed by atoms with Crippen LogP contribution in [0, 0.1) is 11.8 Å². The Hall–Kier alpha value is -0.410. The second kappa shape index (κ2) is 1.91. The monoisotopic (exact) mass is 168 g/mol. The smallest absolute Gasteiger partial charge is 0.143 e. The van der Waals surface area contributed by atoms with Crippen molar-refractivity contribution in [3.05, 3.63) is 0 Å². The topological polar surface area (TPSA) is 38.8 Å². The van der Waals surface area contributed by atoms with Crippen LogP contribution in [0.3, 0.4) is 0 Å². The molecule has 3 heterocycles. The van der Waals surface area contributed by atoms with Gasteiger partial charge in [0.1, 0.15) is 18.0 Å². The average Bonchev–Trinajstić information content (AvgIpc) is 2.76. The van der Waals surface area contributed by atoms with Crippen molar-refractivity contribution in [3.63, 3.8) is 0 Å². The van der Waals surface area contributed by atoms with E-state index < -0.39 is 0 Å². The molecule has 3 nitrogen and oxygen atoms in total. The summed E-state index contributed by atoms with van der Waals surface area (Å²) in [5.74, 6) is 0.426. The number of carbonyl (C=O) groups is 1. The molecule has 3 rings (SSSR count). The molecule has 0 unspecified atom stereocenters. The van der Waals surface area contributed by atoms with Crippen LogP contribution in [0.4, 0.5) is 0 Å². The molecule has 0 aliphatic carbocycles. The Morgan fingerprint density at radius 1 is 0.917 bits per heavy atom. The molecule has 0 N–H and O–H groups in total. The minimum atomic E-state index is 0.0359. The predicted octanol–water partition coefficient (Wildman–Crippen LogP) is 0.376. The van der Waals surface area contributed by atoms with Crippen LogP contribution < -0.4 is 0 Å². The molecule has 0 saturated carbocycles. The van der Waals surface area contributed by atoms with Gasteiger partial charge in [-0.15, -0.1) is 0 Å². The summed E-state index contributed by atoms with van der Waals surface area (Å²) in [6, 6.07) is 0. The highest BCUT2D eigenvalue weighted by molar-refractivity contribution is 5.85. The van der Waals surface area contributed by atoms with Gasteiger partial charge in [0.05, 0.1) is 12.2 Å². The lowest BCUT2D eigenvalue weighted by molar-refractivity contribution is -0.156. The molecule has 0 aromatic rings. The summed E-state index contributed by atoms with van der Waals surface area (Å²) in [7, 11) is 0. The lowest BCUT2D eigenvalue weighted by Gasteiger charge is -2.32. The minimum absolute atomic E-state index is 0.0359. The molecule has 2 bridgehead atoms. The molecule has 12 heavy (non-hydrogen) atoms. The van der Waals surface area contributed by atoms with Crippen LogP contribution in [0.1, 0.15) is 13.8 Å². The van der Waals surface area contributed by atoms with E-state index >= 15 is 0 Å². The number of fused-ring (bicyclic) bond motifs is 5. The van der Waals surface area contributed by atoms with Crippen molar-refractivity contribution < 1.29 is 14.3 Å². The van der Waals surface area contributed by atoms with Crippen LogP contribution in [-0.4, -0.2) is 30.2 Å². The van der Waals surface area contributed by atoms with Gasteiger partial charge in [0.25, 0.3) is 0 Å². The molecule has 0 radical (unpaired) electrons. The molecule has 66 valence electrons. The van der Waals surface area contributed by atoms with Crippen molar-refractivity contribution in [1.82, 2.24) is 0 Å². The van der Waals surface area contributed by atoms with E-state index in [0.717, 1.165) is 0 Å². The van der Waals surface area contributed by atoms with Gasteiger partial charge in [-0.25, -0.2) is 0 Å². The quantitative estimate of drug-likeness (QED) is 0.491. The molecule has 0 aromatic heterocycles. The molecule has 0 spiro atoms. The van der Waals surface area contributed by atoms with Gasteiger partial charge >= 0.3 is 0 Å². The number of rotatable bonds is 0. The maximum absolute atomic E-state index is 11.6. The molecule has 0 amide bonds. The molecular weight excluding hydrogens is 156 g/mol. The van der Waals surface area contributed by atoms with E-state index in [1.165, 1.54) is 0 Å². The summed E-state index contributed by atoms with van der Waals surface area (Å²) in [6.07, 6.45) is 0.588. The fourth-order valence-corrected chi connectivity index (χ4v) is 2.54. The normalized spacial score (nSPS) is 61.7. The van der Waals surface area contributed by atoms with Crippen molar-refractivity contribution >= 4 is 5.78 Å². The Labute approximate surface area is 71.0 Å². The number of ketones is 1. The Balaban J connectivity index is 1.98. The summed E-state index contributed by atoms with van der Waals surface area (Å²) >= 11 is 0. The average molecular weight is 168 g/mol. The summed E-state index contributed by atoms with van der Waals surface area (Å²) in [6.45, 7) is 3.90. The third-order valence-electron chi connectivity index (χ3n) is 3.41. The summed E-state index contributed by atoms with van der Waals surface area (Å²) in [4.78, 5) is 11.6. The summed E-state index contributed by atoms with van der Waals surface area (Å²) in [5, 5.41) is 0. The molecule has 3 fully saturated rings. The first kappa shape index (κ1) is 7.04. The van der Waals surface area contributed by atoms with Gasteiger partial charge in [-0.05, 0) is 0 Å². The Bertz CT molecular complexity index is 228. The maximum Gasteiger partial charge on any atom is 0.143 e. The summed E-state index contributed by atoms with van der Waals surface area (Å²) < 4.78 is 11.1. The Morgan fingerprint density at radius 3 is 1.83 bits per heavy atom. The van der Waals surface area contributed by atoms with E-state index in [2.05, 4.69) is 0 Å². The number of hydrogen-bond acceptors (Lipinski definition) is 3. The minimum Gasteiger partial charge on any atom is -0.368 e. The highest BCUT2D eigenvalue weighted by Crippen LogP contribution is 2.49. The first-order valence-corrected chi connectivity index (χ1v) is 4.55. The first-order chi connectivity index (χ1) is 5.70. The third-order valence-corrected chi connectivity index (χ3v) is 3.41. The van der Waals surface area contributed by atoms with Gasteiger partial charge in [0.15, 0.2) is 0 Å². The van der Waals surface area contributed by atoms with Crippen LogP contribution >= 0.6 is 0 Å². The second-order valence-electron chi connectivity index (χ2n) is 4.11.